The number of aliphatic imine (C=N–C) groups is 1. The lowest BCUT2D eigenvalue weighted by molar-refractivity contribution is 0.157. The molecule has 3 unspecified atom stereocenters. The van der Waals surface area contributed by atoms with Crippen molar-refractivity contribution in [3.63, 3.8) is 0 Å². The molecule has 0 aromatic carbocycles. The molecule has 0 spiro atoms. The number of nitrogens with one attached hydrogen (secondary N) is 1. The lowest BCUT2D eigenvalue weighted by Crippen LogP contribution is -2.40. The zero-order valence-corrected chi connectivity index (χ0v) is 12.0. The molecule has 18 heavy (non-hydrogen) atoms. The third-order valence-electron chi connectivity index (χ3n) is 4.07. The van der Waals surface area contributed by atoms with Crippen molar-refractivity contribution in [2.24, 2.45) is 22.7 Å². The van der Waals surface area contributed by atoms with Crippen molar-refractivity contribution < 1.29 is 4.74 Å². The molecular weight excluding hydrogens is 226 g/mol. The lowest BCUT2D eigenvalue weighted by atomic mass is 10.1. The first-order chi connectivity index (χ1) is 8.74. The molecule has 3 atom stereocenters. The molecule has 2 aliphatic rings. The summed E-state index contributed by atoms with van der Waals surface area (Å²) in [6.07, 6.45) is 2.58. The Bertz CT molecular complexity index is 293. The summed E-state index contributed by atoms with van der Waals surface area (Å²) in [6.45, 7) is 9.46. The first-order valence-corrected chi connectivity index (χ1v) is 7.26. The maximum atomic E-state index is 5.25. The van der Waals surface area contributed by atoms with Gasteiger partial charge in [0.2, 0.25) is 0 Å². The van der Waals surface area contributed by atoms with E-state index in [9.17, 15) is 0 Å². The Balaban J connectivity index is 1.85. The maximum Gasteiger partial charge on any atom is 0.193 e. The molecule has 0 aromatic heterocycles. The Labute approximate surface area is 111 Å². The quantitative estimate of drug-likeness (QED) is 0.597. The summed E-state index contributed by atoms with van der Waals surface area (Å²) >= 11 is 0. The number of guanidine groups is 1. The van der Waals surface area contributed by atoms with Crippen LogP contribution in [0, 0.1) is 17.8 Å². The van der Waals surface area contributed by atoms with Gasteiger partial charge in [-0.3, -0.25) is 4.99 Å². The molecule has 1 heterocycles. The molecule has 1 aliphatic carbocycles. The van der Waals surface area contributed by atoms with Crippen molar-refractivity contribution in [2.45, 2.75) is 26.7 Å². The van der Waals surface area contributed by atoms with Crippen LogP contribution in [-0.4, -0.2) is 50.8 Å². The molecule has 1 saturated heterocycles. The predicted molar refractivity (Wildman–Crippen MR) is 74.8 cm³/mol. The van der Waals surface area contributed by atoms with Gasteiger partial charge in [0, 0.05) is 39.2 Å². The van der Waals surface area contributed by atoms with Gasteiger partial charge in [-0.25, -0.2) is 0 Å². The third kappa shape index (κ3) is 3.61. The molecule has 2 rings (SSSR count). The van der Waals surface area contributed by atoms with Gasteiger partial charge >= 0.3 is 0 Å². The van der Waals surface area contributed by atoms with Crippen LogP contribution in [-0.2, 0) is 4.74 Å². The van der Waals surface area contributed by atoms with Gasteiger partial charge < -0.3 is 15.0 Å². The SMILES string of the molecule is CCNC(=NCC1CC1C)N1CCC(COC)C1. The smallest absolute Gasteiger partial charge is 0.193 e. The van der Waals surface area contributed by atoms with Gasteiger partial charge in [-0.2, -0.15) is 0 Å². The summed E-state index contributed by atoms with van der Waals surface area (Å²) in [7, 11) is 1.79. The molecule has 0 aromatic rings. The van der Waals surface area contributed by atoms with Gasteiger partial charge in [-0.15, -0.1) is 0 Å². The molecule has 1 N–H and O–H groups in total. The highest BCUT2D eigenvalue weighted by Gasteiger charge is 2.32. The van der Waals surface area contributed by atoms with E-state index >= 15 is 0 Å². The van der Waals surface area contributed by atoms with Crippen molar-refractivity contribution in [3.8, 4) is 0 Å². The Hall–Kier alpha value is -0.770. The van der Waals surface area contributed by atoms with E-state index in [0.29, 0.717) is 5.92 Å². The van der Waals surface area contributed by atoms with Crippen LogP contribution in [0.4, 0.5) is 0 Å². The summed E-state index contributed by atoms with van der Waals surface area (Å²) in [5.74, 6) is 3.49. The molecular formula is C14H27N3O. The van der Waals surface area contributed by atoms with Gasteiger partial charge in [0.25, 0.3) is 0 Å². The summed E-state index contributed by atoms with van der Waals surface area (Å²) in [4.78, 5) is 7.18. The number of hydrogen-bond acceptors (Lipinski definition) is 2. The third-order valence-corrected chi connectivity index (χ3v) is 4.07. The second kappa shape index (κ2) is 6.41. The van der Waals surface area contributed by atoms with E-state index in [4.69, 9.17) is 9.73 Å². The fourth-order valence-electron chi connectivity index (χ4n) is 2.68. The Morgan fingerprint density at radius 1 is 1.50 bits per heavy atom. The molecule has 4 nitrogen and oxygen atoms in total. The predicted octanol–water partition coefficient (Wildman–Crippen LogP) is 1.58. The van der Waals surface area contributed by atoms with Crippen molar-refractivity contribution >= 4 is 5.96 Å². The zero-order valence-electron chi connectivity index (χ0n) is 12.0. The molecule has 0 amide bonds. The lowest BCUT2D eigenvalue weighted by Gasteiger charge is -2.21. The number of hydrogen-bond donors (Lipinski definition) is 1. The van der Waals surface area contributed by atoms with E-state index in [1.54, 1.807) is 7.11 Å². The van der Waals surface area contributed by atoms with E-state index in [0.717, 1.165) is 50.6 Å². The van der Waals surface area contributed by atoms with E-state index < -0.39 is 0 Å². The molecule has 2 fully saturated rings. The van der Waals surface area contributed by atoms with Crippen LogP contribution in [0.5, 0.6) is 0 Å². The summed E-state index contributed by atoms with van der Waals surface area (Å²) in [5, 5.41) is 3.42. The van der Waals surface area contributed by atoms with Gasteiger partial charge in [0.1, 0.15) is 0 Å². The fourth-order valence-corrected chi connectivity index (χ4v) is 2.68. The largest absolute Gasteiger partial charge is 0.384 e. The van der Waals surface area contributed by atoms with Crippen LogP contribution in [0.2, 0.25) is 0 Å². The van der Waals surface area contributed by atoms with Gasteiger partial charge in [-0.1, -0.05) is 6.92 Å². The van der Waals surface area contributed by atoms with Gasteiger partial charge in [0.15, 0.2) is 5.96 Å². The van der Waals surface area contributed by atoms with Crippen LogP contribution >= 0.6 is 0 Å². The first-order valence-electron chi connectivity index (χ1n) is 7.26. The summed E-state index contributed by atoms with van der Waals surface area (Å²) in [5.41, 5.74) is 0. The van der Waals surface area contributed by atoms with E-state index in [1.807, 2.05) is 0 Å². The number of nitrogens with zero attached hydrogens (tertiary/aromatic N) is 2. The second-order valence-electron chi connectivity index (χ2n) is 5.72. The van der Waals surface area contributed by atoms with E-state index in [-0.39, 0.29) is 0 Å². The molecule has 0 radical (unpaired) electrons. The standard InChI is InChI=1S/C14H27N3O/c1-4-15-14(16-8-13-7-11(13)2)17-6-5-12(9-17)10-18-3/h11-13H,4-10H2,1-3H3,(H,15,16). The number of ether oxygens (including phenoxy) is 1. The highest BCUT2D eigenvalue weighted by atomic mass is 16.5. The van der Waals surface area contributed by atoms with E-state index in [2.05, 4.69) is 24.1 Å². The van der Waals surface area contributed by atoms with Gasteiger partial charge in [0.05, 0.1) is 6.61 Å². The Morgan fingerprint density at radius 2 is 2.28 bits per heavy atom. The zero-order chi connectivity index (χ0) is 13.0. The minimum atomic E-state index is 0.665. The average molecular weight is 253 g/mol. The number of likely N-dealkylation sites (tertiary alicyclic amines) is 1. The van der Waals surface area contributed by atoms with Crippen LogP contribution in [0.25, 0.3) is 0 Å². The molecule has 1 saturated carbocycles. The van der Waals surface area contributed by atoms with Crippen LogP contribution in [0.3, 0.4) is 0 Å². The normalized spacial score (nSPS) is 31.8. The van der Waals surface area contributed by atoms with Crippen molar-refractivity contribution in [1.82, 2.24) is 10.2 Å². The maximum absolute atomic E-state index is 5.25. The second-order valence-corrected chi connectivity index (χ2v) is 5.72. The number of methoxy groups -OCH3 is 1. The molecule has 0 bridgehead atoms. The van der Waals surface area contributed by atoms with Crippen molar-refractivity contribution in [1.29, 1.82) is 0 Å². The minimum absolute atomic E-state index is 0.665. The van der Waals surface area contributed by atoms with Crippen molar-refractivity contribution in [3.05, 3.63) is 0 Å². The van der Waals surface area contributed by atoms with Crippen LogP contribution in [0.1, 0.15) is 26.7 Å². The van der Waals surface area contributed by atoms with Gasteiger partial charge in [-0.05, 0) is 31.6 Å². The minimum Gasteiger partial charge on any atom is -0.384 e. The fraction of sp³-hybridized carbons (Fsp3) is 0.929. The first kappa shape index (κ1) is 13.7. The van der Waals surface area contributed by atoms with Crippen LogP contribution in [0.15, 0.2) is 4.99 Å². The summed E-state index contributed by atoms with van der Waals surface area (Å²) < 4.78 is 5.25. The highest BCUT2D eigenvalue weighted by molar-refractivity contribution is 5.80. The topological polar surface area (TPSA) is 36.9 Å². The monoisotopic (exact) mass is 253 g/mol. The average Bonchev–Trinajstić information content (AvgIpc) is 2.87. The highest BCUT2D eigenvalue weighted by Crippen LogP contribution is 2.37. The molecule has 4 heteroatoms. The molecule has 1 aliphatic heterocycles. The Kier molecular flexibility index (Phi) is 4.87. The van der Waals surface area contributed by atoms with Crippen molar-refractivity contribution in [2.75, 3.05) is 39.9 Å². The number of rotatable bonds is 5. The van der Waals surface area contributed by atoms with Crippen LogP contribution < -0.4 is 5.32 Å². The summed E-state index contributed by atoms with van der Waals surface area (Å²) in [6, 6.07) is 0. The molecule has 104 valence electrons. The Morgan fingerprint density at radius 3 is 2.89 bits per heavy atom. The van der Waals surface area contributed by atoms with E-state index in [1.165, 1.54) is 12.8 Å².